The Labute approximate surface area is 147 Å². The standard InChI is InChI=1S/C21H22FNO2/c1-25-12-11-15-5-2-3-6-16(15)13-17-9-10-18(14-19(17)22)20-7-4-8-21(24)23-20/h2-10,14-16H,11-13H2,1H3,(H,23,24). The van der Waals surface area contributed by atoms with Gasteiger partial charge in [-0.15, -0.1) is 0 Å². The predicted octanol–water partition coefficient (Wildman–Crippen LogP) is 4.53. The highest BCUT2D eigenvalue weighted by molar-refractivity contribution is 5.60. The van der Waals surface area contributed by atoms with E-state index in [4.69, 9.17) is 4.74 Å². The molecule has 1 aliphatic carbocycles. The van der Waals surface area contributed by atoms with Crippen molar-refractivity contribution in [2.45, 2.75) is 12.8 Å². The molecular weight excluding hydrogens is 317 g/mol. The van der Waals surface area contributed by atoms with Crippen molar-refractivity contribution in [1.82, 2.24) is 4.98 Å². The first-order chi connectivity index (χ1) is 12.2. The lowest BCUT2D eigenvalue weighted by Crippen LogP contribution is -2.17. The summed E-state index contributed by atoms with van der Waals surface area (Å²) >= 11 is 0. The molecule has 0 amide bonds. The van der Waals surface area contributed by atoms with Gasteiger partial charge >= 0.3 is 0 Å². The van der Waals surface area contributed by atoms with Gasteiger partial charge < -0.3 is 9.84 Å². The number of methoxy groups -OCH3 is 1. The van der Waals surface area contributed by atoms with Gasteiger partial charge in [0.05, 0.1) is 5.69 Å². The lowest BCUT2D eigenvalue weighted by atomic mass is 9.82. The maximum atomic E-state index is 14.6. The second kappa shape index (κ2) is 8.08. The Kier molecular flexibility index (Phi) is 5.61. The summed E-state index contributed by atoms with van der Waals surface area (Å²) in [6.07, 6.45) is 9.96. The van der Waals surface area contributed by atoms with E-state index in [-0.39, 0.29) is 17.6 Å². The molecule has 3 nitrogen and oxygen atoms in total. The van der Waals surface area contributed by atoms with Crippen LogP contribution in [-0.4, -0.2) is 23.8 Å². The number of benzene rings is 1. The largest absolute Gasteiger partial charge is 0.493 e. The smallest absolute Gasteiger partial charge is 0.211 e. The summed E-state index contributed by atoms with van der Waals surface area (Å²) in [5, 5.41) is 9.49. The van der Waals surface area contributed by atoms with Crippen LogP contribution in [0, 0.1) is 17.7 Å². The maximum absolute atomic E-state index is 14.6. The molecule has 25 heavy (non-hydrogen) atoms. The molecule has 4 heteroatoms. The number of pyridine rings is 1. The van der Waals surface area contributed by atoms with Gasteiger partial charge in [0.2, 0.25) is 5.88 Å². The molecule has 0 spiro atoms. The third kappa shape index (κ3) is 4.34. The van der Waals surface area contributed by atoms with E-state index in [1.807, 2.05) is 24.3 Å². The number of hydrogen-bond donors (Lipinski definition) is 1. The summed E-state index contributed by atoms with van der Waals surface area (Å²) in [4.78, 5) is 4.03. The van der Waals surface area contributed by atoms with E-state index in [9.17, 15) is 9.50 Å². The van der Waals surface area contributed by atoms with Gasteiger partial charge in [-0.1, -0.05) is 42.5 Å². The Balaban J connectivity index is 1.77. The first kappa shape index (κ1) is 17.4. The van der Waals surface area contributed by atoms with Crippen LogP contribution in [0.3, 0.4) is 0 Å². The van der Waals surface area contributed by atoms with Crippen molar-refractivity contribution in [3.63, 3.8) is 0 Å². The summed E-state index contributed by atoms with van der Waals surface area (Å²) in [7, 11) is 1.70. The van der Waals surface area contributed by atoms with Crippen LogP contribution >= 0.6 is 0 Å². The Morgan fingerprint density at radius 1 is 1.12 bits per heavy atom. The van der Waals surface area contributed by atoms with E-state index in [2.05, 4.69) is 17.1 Å². The van der Waals surface area contributed by atoms with Crippen molar-refractivity contribution < 1.29 is 14.2 Å². The first-order valence-electron chi connectivity index (χ1n) is 8.46. The third-order valence-corrected chi connectivity index (χ3v) is 4.57. The fourth-order valence-corrected chi connectivity index (χ4v) is 3.19. The van der Waals surface area contributed by atoms with Crippen molar-refractivity contribution in [2.24, 2.45) is 11.8 Å². The van der Waals surface area contributed by atoms with Crippen molar-refractivity contribution >= 4 is 0 Å². The minimum atomic E-state index is -0.240. The quantitative estimate of drug-likeness (QED) is 0.841. The average molecular weight is 339 g/mol. The van der Waals surface area contributed by atoms with Gasteiger partial charge in [-0.3, -0.25) is 0 Å². The molecule has 1 aromatic heterocycles. The second-order valence-electron chi connectivity index (χ2n) is 6.27. The SMILES string of the molecule is COCCC1C=CC=CC1Cc1ccc(-c2cccc(O)n2)cc1F. The summed E-state index contributed by atoms with van der Waals surface area (Å²) in [5.74, 6) is 0.314. The zero-order chi connectivity index (χ0) is 17.6. The molecule has 1 aromatic carbocycles. The second-order valence-corrected chi connectivity index (χ2v) is 6.27. The van der Waals surface area contributed by atoms with Crippen LogP contribution in [0.15, 0.2) is 60.7 Å². The maximum Gasteiger partial charge on any atom is 0.211 e. The average Bonchev–Trinajstić information content (AvgIpc) is 2.62. The number of aromatic nitrogens is 1. The molecule has 0 bridgehead atoms. The Hall–Kier alpha value is -2.46. The van der Waals surface area contributed by atoms with E-state index < -0.39 is 0 Å². The minimum absolute atomic E-state index is 0.0675. The number of aromatic hydroxyl groups is 1. The number of ether oxygens (including phenoxy) is 1. The van der Waals surface area contributed by atoms with E-state index >= 15 is 0 Å². The van der Waals surface area contributed by atoms with Gasteiger partial charge in [-0.2, -0.15) is 0 Å². The van der Waals surface area contributed by atoms with Gasteiger partial charge in [-0.25, -0.2) is 9.37 Å². The molecule has 0 radical (unpaired) electrons. The zero-order valence-corrected chi connectivity index (χ0v) is 14.2. The molecule has 1 N–H and O–H groups in total. The third-order valence-electron chi connectivity index (χ3n) is 4.57. The van der Waals surface area contributed by atoms with Crippen LogP contribution in [-0.2, 0) is 11.2 Å². The molecule has 1 aliphatic rings. The summed E-state index contributed by atoms with van der Waals surface area (Å²) in [6, 6.07) is 10.1. The Morgan fingerprint density at radius 2 is 1.92 bits per heavy atom. The molecule has 130 valence electrons. The van der Waals surface area contributed by atoms with E-state index in [0.717, 1.165) is 6.42 Å². The van der Waals surface area contributed by atoms with Crippen molar-refractivity contribution in [3.8, 4) is 17.1 Å². The van der Waals surface area contributed by atoms with Crippen molar-refractivity contribution in [3.05, 3.63) is 72.1 Å². The summed E-state index contributed by atoms with van der Waals surface area (Å²) in [6.45, 7) is 0.698. The minimum Gasteiger partial charge on any atom is -0.493 e. The highest BCUT2D eigenvalue weighted by atomic mass is 19.1. The molecule has 2 atom stereocenters. The van der Waals surface area contributed by atoms with Crippen molar-refractivity contribution in [1.29, 1.82) is 0 Å². The predicted molar refractivity (Wildman–Crippen MR) is 96.8 cm³/mol. The number of halogens is 1. The van der Waals surface area contributed by atoms with Gasteiger partial charge in [0, 0.05) is 25.3 Å². The van der Waals surface area contributed by atoms with Crippen LogP contribution in [0.5, 0.6) is 5.88 Å². The normalized spacial score (nSPS) is 19.3. The van der Waals surface area contributed by atoms with E-state index in [1.165, 1.54) is 12.1 Å². The molecule has 0 aliphatic heterocycles. The van der Waals surface area contributed by atoms with Gasteiger partial charge in [-0.05, 0) is 42.4 Å². The lowest BCUT2D eigenvalue weighted by molar-refractivity contribution is 0.176. The van der Waals surface area contributed by atoms with Gasteiger partial charge in [0.1, 0.15) is 5.82 Å². The fraction of sp³-hybridized carbons (Fsp3) is 0.286. The topological polar surface area (TPSA) is 42.4 Å². The van der Waals surface area contributed by atoms with Crippen LogP contribution in [0.1, 0.15) is 12.0 Å². The van der Waals surface area contributed by atoms with Gasteiger partial charge in [0.15, 0.2) is 0 Å². The first-order valence-corrected chi connectivity index (χ1v) is 8.46. The molecule has 2 unspecified atom stereocenters. The summed E-state index contributed by atoms with van der Waals surface area (Å²) in [5.41, 5.74) is 1.91. The molecule has 0 fully saturated rings. The number of nitrogens with zero attached hydrogens (tertiary/aromatic N) is 1. The van der Waals surface area contributed by atoms with Crippen molar-refractivity contribution in [2.75, 3.05) is 13.7 Å². The molecule has 2 aromatic rings. The highest BCUT2D eigenvalue weighted by Crippen LogP contribution is 2.29. The zero-order valence-electron chi connectivity index (χ0n) is 14.2. The van der Waals surface area contributed by atoms with Crippen LogP contribution in [0.2, 0.25) is 0 Å². The number of rotatable bonds is 6. The molecule has 0 saturated heterocycles. The molecule has 0 saturated carbocycles. The number of allylic oxidation sites excluding steroid dienone is 4. The van der Waals surface area contributed by atoms with Crippen LogP contribution in [0.25, 0.3) is 11.3 Å². The number of hydrogen-bond acceptors (Lipinski definition) is 3. The Morgan fingerprint density at radius 3 is 2.64 bits per heavy atom. The molecule has 3 rings (SSSR count). The highest BCUT2D eigenvalue weighted by Gasteiger charge is 2.20. The molecule has 1 heterocycles. The summed E-state index contributed by atoms with van der Waals surface area (Å²) < 4.78 is 19.8. The monoisotopic (exact) mass is 339 g/mol. The Bertz CT molecular complexity index is 785. The van der Waals surface area contributed by atoms with E-state index in [0.29, 0.717) is 35.8 Å². The van der Waals surface area contributed by atoms with Crippen LogP contribution < -0.4 is 0 Å². The van der Waals surface area contributed by atoms with Crippen LogP contribution in [0.4, 0.5) is 4.39 Å². The lowest BCUT2D eigenvalue weighted by Gasteiger charge is -2.24. The molecular formula is C21H22FNO2. The van der Waals surface area contributed by atoms with Gasteiger partial charge in [0.25, 0.3) is 0 Å². The van der Waals surface area contributed by atoms with E-state index in [1.54, 1.807) is 19.2 Å². The fourth-order valence-electron chi connectivity index (χ4n) is 3.19.